The molecule has 1 heterocycles. The summed E-state index contributed by atoms with van der Waals surface area (Å²) < 4.78 is 5.37. The van der Waals surface area contributed by atoms with Crippen LogP contribution in [0.1, 0.15) is 32.6 Å². The average molecular weight is 157 g/mol. The fraction of sp³-hybridized carbons (Fsp3) is 1.00. The highest BCUT2D eigenvalue weighted by molar-refractivity contribution is 4.74. The van der Waals surface area contributed by atoms with E-state index in [4.69, 9.17) is 10.5 Å². The summed E-state index contributed by atoms with van der Waals surface area (Å²) in [4.78, 5) is 0. The van der Waals surface area contributed by atoms with Gasteiger partial charge >= 0.3 is 0 Å². The van der Waals surface area contributed by atoms with Crippen molar-refractivity contribution in [3.63, 3.8) is 0 Å². The maximum absolute atomic E-state index is 5.98. The second-order valence-corrected chi connectivity index (χ2v) is 3.43. The minimum atomic E-state index is 0.375. The van der Waals surface area contributed by atoms with Gasteiger partial charge in [-0.15, -0.1) is 0 Å². The van der Waals surface area contributed by atoms with E-state index in [1.165, 1.54) is 19.3 Å². The first-order valence-electron chi connectivity index (χ1n) is 4.68. The Morgan fingerprint density at radius 2 is 2.45 bits per heavy atom. The highest BCUT2D eigenvalue weighted by atomic mass is 16.5. The SMILES string of the molecule is CCC[C@H](N)C1CCCOC1. The molecule has 0 spiro atoms. The second-order valence-electron chi connectivity index (χ2n) is 3.43. The van der Waals surface area contributed by atoms with Crippen LogP contribution in [-0.4, -0.2) is 19.3 Å². The van der Waals surface area contributed by atoms with Gasteiger partial charge in [-0.3, -0.25) is 0 Å². The summed E-state index contributed by atoms with van der Waals surface area (Å²) in [5.41, 5.74) is 5.98. The minimum Gasteiger partial charge on any atom is -0.381 e. The van der Waals surface area contributed by atoms with Crippen LogP contribution in [0.2, 0.25) is 0 Å². The maximum atomic E-state index is 5.98. The molecule has 66 valence electrons. The van der Waals surface area contributed by atoms with Gasteiger partial charge in [0.25, 0.3) is 0 Å². The molecule has 1 aliphatic heterocycles. The molecule has 11 heavy (non-hydrogen) atoms. The summed E-state index contributed by atoms with van der Waals surface area (Å²) in [6.45, 7) is 4.01. The van der Waals surface area contributed by atoms with Crippen LogP contribution >= 0.6 is 0 Å². The van der Waals surface area contributed by atoms with E-state index in [1.54, 1.807) is 0 Å². The molecular formula is C9H19NO. The van der Waals surface area contributed by atoms with E-state index >= 15 is 0 Å². The molecule has 2 heteroatoms. The van der Waals surface area contributed by atoms with Crippen molar-refractivity contribution >= 4 is 0 Å². The highest BCUT2D eigenvalue weighted by Gasteiger charge is 2.19. The van der Waals surface area contributed by atoms with Gasteiger partial charge in [0.15, 0.2) is 0 Å². The van der Waals surface area contributed by atoms with Crippen molar-refractivity contribution in [3.8, 4) is 0 Å². The fourth-order valence-corrected chi connectivity index (χ4v) is 1.67. The van der Waals surface area contributed by atoms with Gasteiger partial charge in [0.05, 0.1) is 6.61 Å². The molecule has 1 fully saturated rings. The normalized spacial score (nSPS) is 28.4. The number of hydrogen-bond acceptors (Lipinski definition) is 2. The smallest absolute Gasteiger partial charge is 0.0509 e. The number of ether oxygens (including phenoxy) is 1. The molecule has 1 unspecified atom stereocenters. The van der Waals surface area contributed by atoms with E-state index < -0.39 is 0 Å². The second kappa shape index (κ2) is 4.73. The van der Waals surface area contributed by atoms with Gasteiger partial charge in [0.1, 0.15) is 0 Å². The molecule has 0 radical (unpaired) electrons. The van der Waals surface area contributed by atoms with Crippen molar-refractivity contribution in [2.75, 3.05) is 13.2 Å². The van der Waals surface area contributed by atoms with E-state index in [0.717, 1.165) is 19.6 Å². The van der Waals surface area contributed by atoms with Crippen molar-refractivity contribution < 1.29 is 4.74 Å². The van der Waals surface area contributed by atoms with E-state index in [9.17, 15) is 0 Å². The Morgan fingerprint density at radius 1 is 1.64 bits per heavy atom. The number of rotatable bonds is 3. The molecule has 1 saturated heterocycles. The Labute approximate surface area is 69.1 Å². The zero-order chi connectivity index (χ0) is 8.10. The van der Waals surface area contributed by atoms with Crippen molar-refractivity contribution in [2.24, 2.45) is 11.7 Å². The summed E-state index contributed by atoms with van der Waals surface area (Å²) >= 11 is 0. The van der Waals surface area contributed by atoms with Crippen LogP contribution in [0.4, 0.5) is 0 Å². The molecule has 0 aromatic carbocycles. The van der Waals surface area contributed by atoms with E-state index in [2.05, 4.69) is 6.92 Å². The standard InChI is InChI=1S/C9H19NO/c1-2-4-9(10)8-5-3-6-11-7-8/h8-9H,2-7,10H2,1H3/t8?,9-/m0/s1. The molecule has 2 N–H and O–H groups in total. The number of nitrogens with two attached hydrogens (primary N) is 1. The zero-order valence-electron chi connectivity index (χ0n) is 7.38. The highest BCUT2D eigenvalue weighted by Crippen LogP contribution is 2.18. The lowest BCUT2D eigenvalue weighted by molar-refractivity contribution is 0.0437. The monoisotopic (exact) mass is 157 g/mol. The summed E-state index contributed by atoms with van der Waals surface area (Å²) in [5, 5.41) is 0. The Bertz CT molecular complexity index is 99.7. The summed E-state index contributed by atoms with van der Waals surface area (Å²) in [6.07, 6.45) is 4.80. The van der Waals surface area contributed by atoms with Gasteiger partial charge in [-0.05, 0) is 25.2 Å². The molecule has 2 atom stereocenters. The molecule has 1 rings (SSSR count). The Morgan fingerprint density at radius 3 is 3.00 bits per heavy atom. The molecule has 0 aliphatic carbocycles. The van der Waals surface area contributed by atoms with Crippen molar-refractivity contribution in [3.05, 3.63) is 0 Å². The minimum absolute atomic E-state index is 0.375. The third kappa shape index (κ3) is 2.80. The van der Waals surface area contributed by atoms with Gasteiger partial charge in [0.2, 0.25) is 0 Å². The quantitative estimate of drug-likeness (QED) is 0.674. The van der Waals surface area contributed by atoms with E-state index in [1.807, 2.05) is 0 Å². The van der Waals surface area contributed by atoms with E-state index in [-0.39, 0.29) is 0 Å². The summed E-state index contributed by atoms with van der Waals surface area (Å²) in [7, 11) is 0. The largest absolute Gasteiger partial charge is 0.381 e. The van der Waals surface area contributed by atoms with Crippen LogP contribution in [0.15, 0.2) is 0 Å². The molecule has 0 aromatic rings. The summed E-state index contributed by atoms with van der Waals surface area (Å²) in [5.74, 6) is 0.628. The van der Waals surface area contributed by atoms with Gasteiger partial charge < -0.3 is 10.5 Å². The van der Waals surface area contributed by atoms with Crippen molar-refractivity contribution in [1.29, 1.82) is 0 Å². The third-order valence-corrected chi connectivity index (χ3v) is 2.42. The average Bonchev–Trinajstić information content (AvgIpc) is 2.07. The molecule has 2 nitrogen and oxygen atoms in total. The Balaban J connectivity index is 2.21. The fourth-order valence-electron chi connectivity index (χ4n) is 1.67. The first kappa shape index (κ1) is 9.01. The van der Waals surface area contributed by atoms with Crippen LogP contribution in [0, 0.1) is 5.92 Å². The van der Waals surface area contributed by atoms with Crippen LogP contribution in [0.5, 0.6) is 0 Å². The van der Waals surface area contributed by atoms with Crippen molar-refractivity contribution in [1.82, 2.24) is 0 Å². The third-order valence-electron chi connectivity index (χ3n) is 2.42. The predicted octanol–water partition coefficient (Wildman–Crippen LogP) is 1.54. The lowest BCUT2D eigenvalue weighted by Gasteiger charge is -2.27. The lowest BCUT2D eigenvalue weighted by atomic mass is 9.92. The molecular weight excluding hydrogens is 138 g/mol. The Hall–Kier alpha value is -0.0800. The van der Waals surface area contributed by atoms with Gasteiger partial charge in [-0.2, -0.15) is 0 Å². The topological polar surface area (TPSA) is 35.2 Å². The lowest BCUT2D eigenvalue weighted by Crippen LogP contribution is -2.35. The van der Waals surface area contributed by atoms with Gasteiger partial charge in [-0.1, -0.05) is 13.3 Å². The molecule has 0 saturated carbocycles. The zero-order valence-corrected chi connectivity index (χ0v) is 7.38. The van der Waals surface area contributed by atoms with Crippen LogP contribution in [0.3, 0.4) is 0 Å². The first-order valence-corrected chi connectivity index (χ1v) is 4.68. The molecule has 0 amide bonds. The Kier molecular flexibility index (Phi) is 3.87. The van der Waals surface area contributed by atoms with Crippen LogP contribution in [-0.2, 0) is 4.74 Å². The van der Waals surface area contributed by atoms with Gasteiger partial charge in [-0.25, -0.2) is 0 Å². The predicted molar refractivity (Wildman–Crippen MR) is 46.4 cm³/mol. The number of hydrogen-bond donors (Lipinski definition) is 1. The first-order chi connectivity index (χ1) is 5.34. The van der Waals surface area contributed by atoms with E-state index in [0.29, 0.717) is 12.0 Å². The van der Waals surface area contributed by atoms with Gasteiger partial charge in [0, 0.05) is 12.6 Å². The van der Waals surface area contributed by atoms with Crippen LogP contribution < -0.4 is 5.73 Å². The molecule has 1 aliphatic rings. The summed E-state index contributed by atoms with van der Waals surface area (Å²) in [6, 6.07) is 0.375. The van der Waals surface area contributed by atoms with Crippen LogP contribution in [0.25, 0.3) is 0 Å². The molecule has 0 aromatic heterocycles. The maximum Gasteiger partial charge on any atom is 0.0509 e. The van der Waals surface area contributed by atoms with Crippen molar-refractivity contribution in [2.45, 2.75) is 38.6 Å². The molecule has 0 bridgehead atoms.